The number of hydrogen-bond donors (Lipinski definition) is 2. The fourth-order valence-electron chi connectivity index (χ4n) is 3.43. The molecule has 7 nitrogen and oxygen atoms in total. The monoisotopic (exact) mass is 400 g/mol. The minimum Gasteiger partial charge on any atom is -0.395 e. The van der Waals surface area contributed by atoms with E-state index >= 15 is 0 Å². The molecule has 28 heavy (non-hydrogen) atoms. The molecule has 0 saturated carbocycles. The van der Waals surface area contributed by atoms with Crippen LogP contribution in [-0.2, 0) is 11.3 Å². The molecule has 0 amide bonds. The molecule has 3 heterocycles. The largest absolute Gasteiger partial charge is 0.395 e. The third-order valence-corrected chi connectivity index (χ3v) is 5.20. The lowest BCUT2D eigenvalue weighted by atomic mass is 10.1. The molecule has 146 valence electrons. The van der Waals surface area contributed by atoms with Gasteiger partial charge in [0.05, 0.1) is 13.2 Å². The Morgan fingerprint density at radius 3 is 2.79 bits per heavy atom. The van der Waals surface area contributed by atoms with Gasteiger partial charge in [-0.2, -0.15) is 4.98 Å². The second-order valence-corrected chi connectivity index (χ2v) is 7.13. The normalized spacial score (nSPS) is 15.1. The molecule has 1 aliphatic rings. The molecule has 3 aromatic rings. The van der Waals surface area contributed by atoms with Gasteiger partial charge in [0.25, 0.3) is 5.56 Å². The summed E-state index contributed by atoms with van der Waals surface area (Å²) in [5.41, 5.74) is 1.34. The first-order chi connectivity index (χ1) is 13.7. The van der Waals surface area contributed by atoms with E-state index in [9.17, 15) is 9.90 Å². The molecule has 2 N–H and O–H groups in total. The third-order valence-electron chi connectivity index (χ3n) is 4.87. The summed E-state index contributed by atoms with van der Waals surface area (Å²) in [6.45, 7) is 1.39. The predicted octanol–water partition coefficient (Wildman–Crippen LogP) is 2.70. The molecule has 1 saturated heterocycles. The van der Waals surface area contributed by atoms with Crippen LogP contribution in [-0.4, -0.2) is 45.5 Å². The summed E-state index contributed by atoms with van der Waals surface area (Å²) in [6.07, 6.45) is 3.46. The Balaban J connectivity index is 1.81. The molecule has 8 heteroatoms. The number of aliphatic hydroxyl groups is 1. The summed E-state index contributed by atoms with van der Waals surface area (Å²) in [6, 6.07) is 9.19. The number of aromatic nitrogens is 3. The van der Waals surface area contributed by atoms with Crippen molar-refractivity contribution in [3.8, 4) is 11.1 Å². The first-order valence-electron chi connectivity index (χ1n) is 9.28. The van der Waals surface area contributed by atoms with E-state index in [0.717, 1.165) is 12.8 Å². The highest BCUT2D eigenvalue weighted by Crippen LogP contribution is 2.27. The number of anilines is 1. The van der Waals surface area contributed by atoms with Crippen molar-refractivity contribution in [2.24, 2.45) is 0 Å². The van der Waals surface area contributed by atoms with Gasteiger partial charge in [-0.15, -0.1) is 0 Å². The summed E-state index contributed by atoms with van der Waals surface area (Å²) in [5.74, 6) is 0.469. The molecule has 1 aliphatic heterocycles. The SMILES string of the molecule is O=c1c(-c2ccccc2Cl)cc2cnc(NC3CCOCC3)nc2n1CCO. The second-order valence-electron chi connectivity index (χ2n) is 6.72. The zero-order chi connectivity index (χ0) is 19.5. The number of benzene rings is 1. The number of nitrogens with one attached hydrogen (secondary N) is 1. The Hall–Kier alpha value is -2.48. The Morgan fingerprint density at radius 2 is 2.04 bits per heavy atom. The number of rotatable bonds is 5. The predicted molar refractivity (Wildman–Crippen MR) is 109 cm³/mol. The van der Waals surface area contributed by atoms with Crippen LogP contribution in [0.1, 0.15) is 12.8 Å². The van der Waals surface area contributed by atoms with Crippen LogP contribution >= 0.6 is 11.6 Å². The van der Waals surface area contributed by atoms with Crippen molar-refractivity contribution < 1.29 is 9.84 Å². The van der Waals surface area contributed by atoms with E-state index in [-0.39, 0.29) is 24.8 Å². The van der Waals surface area contributed by atoms with E-state index in [4.69, 9.17) is 16.3 Å². The molecular weight excluding hydrogens is 380 g/mol. The summed E-state index contributed by atoms with van der Waals surface area (Å²) in [4.78, 5) is 22.1. The van der Waals surface area contributed by atoms with Crippen LogP contribution in [0.2, 0.25) is 5.02 Å². The van der Waals surface area contributed by atoms with Gasteiger partial charge in [0.2, 0.25) is 5.95 Å². The third kappa shape index (κ3) is 3.73. The lowest BCUT2D eigenvalue weighted by Crippen LogP contribution is -2.29. The Labute approximate surface area is 167 Å². The maximum atomic E-state index is 13.1. The van der Waals surface area contributed by atoms with E-state index in [0.29, 0.717) is 46.3 Å². The Morgan fingerprint density at radius 1 is 1.25 bits per heavy atom. The van der Waals surface area contributed by atoms with E-state index in [1.165, 1.54) is 4.57 Å². The summed E-state index contributed by atoms with van der Waals surface area (Å²) >= 11 is 6.30. The lowest BCUT2D eigenvalue weighted by Gasteiger charge is -2.23. The van der Waals surface area contributed by atoms with Crippen LogP contribution in [0.25, 0.3) is 22.2 Å². The number of ether oxygens (including phenoxy) is 1. The molecule has 0 spiro atoms. The highest BCUT2D eigenvalue weighted by atomic mass is 35.5. The van der Waals surface area contributed by atoms with Gasteiger partial charge in [-0.25, -0.2) is 4.98 Å². The van der Waals surface area contributed by atoms with Gasteiger partial charge in [-0.1, -0.05) is 29.8 Å². The Kier molecular flexibility index (Phi) is 5.57. The first-order valence-corrected chi connectivity index (χ1v) is 9.66. The zero-order valence-corrected chi connectivity index (χ0v) is 16.0. The first kappa shape index (κ1) is 18.9. The lowest BCUT2D eigenvalue weighted by molar-refractivity contribution is 0.0903. The fourth-order valence-corrected chi connectivity index (χ4v) is 3.67. The van der Waals surface area contributed by atoms with Gasteiger partial charge in [-0.3, -0.25) is 9.36 Å². The van der Waals surface area contributed by atoms with Gasteiger partial charge in [0, 0.05) is 47.0 Å². The molecule has 0 bridgehead atoms. The molecule has 0 atom stereocenters. The van der Waals surface area contributed by atoms with Crippen LogP contribution in [0.3, 0.4) is 0 Å². The van der Waals surface area contributed by atoms with E-state index in [1.807, 2.05) is 12.1 Å². The highest BCUT2D eigenvalue weighted by molar-refractivity contribution is 6.33. The van der Waals surface area contributed by atoms with Crippen LogP contribution in [0.5, 0.6) is 0 Å². The summed E-state index contributed by atoms with van der Waals surface area (Å²) in [7, 11) is 0. The van der Waals surface area contributed by atoms with Gasteiger partial charge >= 0.3 is 0 Å². The van der Waals surface area contributed by atoms with Crippen LogP contribution in [0.15, 0.2) is 41.3 Å². The van der Waals surface area contributed by atoms with Gasteiger partial charge < -0.3 is 15.2 Å². The average Bonchev–Trinajstić information content (AvgIpc) is 2.71. The van der Waals surface area contributed by atoms with Crippen molar-refractivity contribution >= 4 is 28.6 Å². The molecule has 0 radical (unpaired) electrons. The van der Waals surface area contributed by atoms with Crippen LogP contribution in [0, 0.1) is 0 Å². The number of hydrogen-bond acceptors (Lipinski definition) is 6. The Bertz CT molecular complexity index is 1050. The van der Waals surface area contributed by atoms with E-state index in [2.05, 4.69) is 15.3 Å². The highest BCUT2D eigenvalue weighted by Gasteiger charge is 2.17. The number of halogens is 1. The second kappa shape index (κ2) is 8.26. The standard InChI is InChI=1S/C20H21ClN4O3/c21-17-4-2-1-3-15(17)16-11-13-12-22-20(23-14-5-9-28-10-6-14)24-18(13)25(7-8-26)19(16)27/h1-4,11-12,14,26H,5-10H2,(H,22,23,24). The number of nitrogens with zero attached hydrogens (tertiary/aromatic N) is 3. The van der Waals surface area contributed by atoms with Crippen molar-refractivity contribution in [2.45, 2.75) is 25.4 Å². The molecule has 0 unspecified atom stereocenters. The van der Waals surface area contributed by atoms with E-state index < -0.39 is 0 Å². The molecule has 1 fully saturated rings. The molecule has 0 aliphatic carbocycles. The van der Waals surface area contributed by atoms with Crippen molar-refractivity contribution in [3.63, 3.8) is 0 Å². The van der Waals surface area contributed by atoms with Crippen LogP contribution < -0.4 is 10.9 Å². The molecular formula is C20H21ClN4O3. The summed E-state index contributed by atoms with van der Waals surface area (Å²) < 4.78 is 6.85. The number of fused-ring (bicyclic) bond motifs is 1. The summed E-state index contributed by atoms with van der Waals surface area (Å²) in [5, 5.41) is 14.0. The van der Waals surface area contributed by atoms with Crippen molar-refractivity contribution in [1.29, 1.82) is 0 Å². The van der Waals surface area contributed by atoms with Crippen molar-refractivity contribution in [3.05, 3.63) is 51.9 Å². The number of pyridine rings is 1. The molecule has 4 rings (SSSR count). The molecule has 2 aromatic heterocycles. The maximum Gasteiger partial charge on any atom is 0.260 e. The van der Waals surface area contributed by atoms with E-state index in [1.54, 1.807) is 24.4 Å². The van der Waals surface area contributed by atoms with Gasteiger partial charge in [-0.05, 0) is 25.0 Å². The quantitative estimate of drug-likeness (QED) is 0.684. The average molecular weight is 401 g/mol. The minimum atomic E-state index is -0.245. The number of aliphatic hydroxyl groups excluding tert-OH is 1. The zero-order valence-electron chi connectivity index (χ0n) is 15.3. The topological polar surface area (TPSA) is 89.3 Å². The van der Waals surface area contributed by atoms with Gasteiger partial charge in [0.1, 0.15) is 5.65 Å². The fraction of sp³-hybridized carbons (Fsp3) is 0.350. The van der Waals surface area contributed by atoms with Crippen molar-refractivity contribution in [2.75, 3.05) is 25.1 Å². The molecule has 1 aromatic carbocycles. The van der Waals surface area contributed by atoms with Gasteiger partial charge in [0.15, 0.2) is 0 Å². The van der Waals surface area contributed by atoms with Crippen LogP contribution in [0.4, 0.5) is 5.95 Å². The van der Waals surface area contributed by atoms with Crippen molar-refractivity contribution in [1.82, 2.24) is 14.5 Å². The minimum absolute atomic E-state index is 0.140. The maximum absolute atomic E-state index is 13.1. The smallest absolute Gasteiger partial charge is 0.260 e.